The van der Waals surface area contributed by atoms with Crippen LogP contribution < -0.4 is 0 Å². The Balaban J connectivity index is 2.81. The first kappa shape index (κ1) is 8.90. The Bertz CT molecular complexity index is 280. The van der Waals surface area contributed by atoms with Crippen molar-refractivity contribution in [3.8, 4) is 0 Å². The molecule has 0 aromatic carbocycles. The van der Waals surface area contributed by atoms with Gasteiger partial charge in [0.15, 0.2) is 5.82 Å². The molecule has 4 heteroatoms. The Hall–Kier alpha value is -1.19. The normalized spacial score (nSPS) is 12.9. The predicted octanol–water partition coefficient (Wildman–Crippen LogP) is 1.32. The van der Waals surface area contributed by atoms with Crippen LogP contribution in [0, 0.1) is 0 Å². The minimum Gasteiger partial charge on any atom is -0.339 e. The molecule has 1 atom stereocenters. The maximum absolute atomic E-state index is 10.9. The molecule has 1 aromatic heterocycles. The van der Waals surface area contributed by atoms with Crippen molar-refractivity contribution in [2.75, 3.05) is 0 Å². The van der Waals surface area contributed by atoms with Gasteiger partial charge in [0.25, 0.3) is 0 Å². The molecule has 0 amide bonds. The van der Waals surface area contributed by atoms with Crippen LogP contribution in [-0.2, 0) is 11.2 Å². The summed E-state index contributed by atoms with van der Waals surface area (Å²) in [5, 5.41) is 3.70. The quantitative estimate of drug-likeness (QED) is 0.683. The lowest BCUT2D eigenvalue weighted by atomic mass is 10.1. The second-order valence-electron chi connectivity index (χ2n) is 2.73. The number of aryl methyl sites for hydroxylation is 1. The summed E-state index contributed by atoms with van der Waals surface area (Å²) in [6.45, 7) is 5.21. The van der Waals surface area contributed by atoms with E-state index in [1.165, 1.54) is 6.92 Å². The van der Waals surface area contributed by atoms with E-state index in [2.05, 4.69) is 10.1 Å². The lowest BCUT2D eigenvalue weighted by Gasteiger charge is -1.97. The van der Waals surface area contributed by atoms with Crippen LogP contribution in [0.3, 0.4) is 0 Å². The second-order valence-corrected chi connectivity index (χ2v) is 2.73. The summed E-state index contributed by atoms with van der Waals surface area (Å²) in [6.07, 6.45) is 0.730. The summed E-state index contributed by atoms with van der Waals surface area (Å²) in [7, 11) is 0. The first-order chi connectivity index (χ1) is 5.65. The average Bonchev–Trinajstić information content (AvgIpc) is 2.50. The Morgan fingerprint density at radius 1 is 1.67 bits per heavy atom. The van der Waals surface area contributed by atoms with Crippen molar-refractivity contribution >= 4 is 5.78 Å². The molecule has 0 radical (unpaired) electrons. The van der Waals surface area contributed by atoms with E-state index in [-0.39, 0.29) is 11.7 Å². The van der Waals surface area contributed by atoms with Crippen molar-refractivity contribution in [1.29, 1.82) is 0 Å². The summed E-state index contributed by atoms with van der Waals surface area (Å²) >= 11 is 0. The molecular formula is C8H12N2O2. The molecule has 0 bridgehead atoms. The second kappa shape index (κ2) is 3.47. The number of Topliss-reactive ketones (excluding diaryl/α,β-unsaturated/α-hetero) is 1. The predicted molar refractivity (Wildman–Crippen MR) is 42.8 cm³/mol. The number of nitrogens with zero attached hydrogens (tertiary/aromatic N) is 2. The Kier molecular flexibility index (Phi) is 2.58. The van der Waals surface area contributed by atoms with E-state index in [0.29, 0.717) is 11.7 Å². The molecule has 12 heavy (non-hydrogen) atoms. The minimum absolute atomic E-state index is 0.0429. The lowest BCUT2D eigenvalue weighted by Crippen LogP contribution is -2.04. The molecule has 66 valence electrons. The van der Waals surface area contributed by atoms with E-state index < -0.39 is 0 Å². The number of ketones is 1. The standard InChI is InChI=1S/C8H12N2O2/c1-4-7-9-8(12-10-7)5(2)6(3)11/h5H,4H2,1-3H3. The van der Waals surface area contributed by atoms with Gasteiger partial charge in [-0.15, -0.1) is 0 Å². The van der Waals surface area contributed by atoms with Crippen LogP contribution in [0.4, 0.5) is 0 Å². The molecule has 0 fully saturated rings. The fourth-order valence-electron chi connectivity index (χ4n) is 0.761. The molecule has 0 aliphatic rings. The highest BCUT2D eigenvalue weighted by Crippen LogP contribution is 2.13. The maximum Gasteiger partial charge on any atom is 0.236 e. The van der Waals surface area contributed by atoms with E-state index in [0.717, 1.165) is 6.42 Å². The van der Waals surface area contributed by atoms with Crippen molar-refractivity contribution in [2.24, 2.45) is 0 Å². The molecule has 1 aromatic rings. The Labute approximate surface area is 71.0 Å². The first-order valence-electron chi connectivity index (χ1n) is 3.98. The molecule has 1 heterocycles. The highest BCUT2D eigenvalue weighted by molar-refractivity contribution is 5.81. The van der Waals surface area contributed by atoms with E-state index in [1.807, 2.05) is 6.92 Å². The van der Waals surface area contributed by atoms with Gasteiger partial charge in [0.2, 0.25) is 5.89 Å². The summed E-state index contributed by atoms with van der Waals surface area (Å²) in [5.74, 6) is 0.830. The third kappa shape index (κ3) is 1.69. The van der Waals surface area contributed by atoms with Gasteiger partial charge >= 0.3 is 0 Å². The number of carbonyl (C=O) groups excluding carboxylic acids is 1. The van der Waals surface area contributed by atoms with Crippen molar-refractivity contribution in [3.63, 3.8) is 0 Å². The molecule has 0 aliphatic carbocycles. The average molecular weight is 168 g/mol. The summed E-state index contributed by atoms with van der Waals surface area (Å²) in [4.78, 5) is 15.0. The van der Waals surface area contributed by atoms with Gasteiger partial charge in [-0.25, -0.2) is 0 Å². The third-order valence-corrected chi connectivity index (χ3v) is 1.78. The summed E-state index contributed by atoms with van der Waals surface area (Å²) in [6, 6.07) is 0. The van der Waals surface area contributed by atoms with Crippen LogP contribution in [0.2, 0.25) is 0 Å². The van der Waals surface area contributed by atoms with Crippen LogP contribution in [-0.4, -0.2) is 15.9 Å². The van der Waals surface area contributed by atoms with Crippen molar-refractivity contribution in [1.82, 2.24) is 10.1 Å². The largest absolute Gasteiger partial charge is 0.339 e. The van der Waals surface area contributed by atoms with E-state index in [9.17, 15) is 4.79 Å². The fraction of sp³-hybridized carbons (Fsp3) is 0.625. The number of hydrogen-bond donors (Lipinski definition) is 0. The zero-order chi connectivity index (χ0) is 9.14. The van der Waals surface area contributed by atoms with Crippen molar-refractivity contribution in [3.05, 3.63) is 11.7 Å². The van der Waals surface area contributed by atoms with Crippen molar-refractivity contribution in [2.45, 2.75) is 33.1 Å². The smallest absolute Gasteiger partial charge is 0.236 e. The Morgan fingerprint density at radius 3 is 2.75 bits per heavy atom. The maximum atomic E-state index is 10.9. The lowest BCUT2D eigenvalue weighted by molar-refractivity contribution is -0.118. The first-order valence-corrected chi connectivity index (χ1v) is 3.98. The van der Waals surface area contributed by atoms with Gasteiger partial charge in [0.05, 0.1) is 5.92 Å². The minimum atomic E-state index is -0.280. The number of carbonyl (C=O) groups is 1. The molecule has 0 saturated heterocycles. The molecule has 1 rings (SSSR count). The molecular weight excluding hydrogens is 156 g/mol. The highest BCUT2D eigenvalue weighted by atomic mass is 16.5. The van der Waals surface area contributed by atoms with Gasteiger partial charge < -0.3 is 4.52 Å². The summed E-state index contributed by atoms with van der Waals surface area (Å²) < 4.78 is 4.90. The topological polar surface area (TPSA) is 56.0 Å². The zero-order valence-electron chi connectivity index (χ0n) is 7.50. The number of aromatic nitrogens is 2. The van der Waals surface area contributed by atoms with Gasteiger partial charge in [-0.3, -0.25) is 4.79 Å². The van der Waals surface area contributed by atoms with Gasteiger partial charge in [0, 0.05) is 6.42 Å². The van der Waals surface area contributed by atoms with E-state index in [1.54, 1.807) is 6.92 Å². The number of hydrogen-bond acceptors (Lipinski definition) is 4. The van der Waals surface area contributed by atoms with Gasteiger partial charge in [-0.05, 0) is 13.8 Å². The van der Waals surface area contributed by atoms with Crippen LogP contribution >= 0.6 is 0 Å². The van der Waals surface area contributed by atoms with Gasteiger partial charge in [-0.1, -0.05) is 12.1 Å². The van der Waals surface area contributed by atoms with E-state index in [4.69, 9.17) is 4.52 Å². The van der Waals surface area contributed by atoms with Gasteiger partial charge in [-0.2, -0.15) is 4.98 Å². The Morgan fingerprint density at radius 2 is 2.33 bits per heavy atom. The van der Waals surface area contributed by atoms with E-state index >= 15 is 0 Å². The van der Waals surface area contributed by atoms with Crippen LogP contribution in [0.5, 0.6) is 0 Å². The molecule has 1 unspecified atom stereocenters. The number of rotatable bonds is 3. The van der Waals surface area contributed by atoms with Crippen LogP contribution in [0.15, 0.2) is 4.52 Å². The SMILES string of the molecule is CCc1noc(C(C)C(C)=O)n1. The fourth-order valence-corrected chi connectivity index (χ4v) is 0.761. The van der Waals surface area contributed by atoms with Crippen LogP contribution in [0.25, 0.3) is 0 Å². The highest BCUT2D eigenvalue weighted by Gasteiger charge is 2.17. The molecule has 0 aliphatic heterocycles. The van der Waals surface area contributed by atoms with Crippen LogP contribution in [0.1, 0.15) is 38.4 Å². The van der Waals surface area contributed by atoms with Gasteiger partial charge in [0.1, 0.15) is 5.78 Å². The molecule has 4 nitrogen and oxygen atoms in total. The third-order valence-electron chi connectivity index (χ3n) is 1.78. The summed E-state index contributed by atoms with van der Waals surface area (Å²) in [5.41, 5.74) is 0. The molecule has 0 N–H and O–H groups in total. The monoisotopic (exact) mass is 168 g/mol. The molecule has 0 saturated carbocycles. The van der Waals surface area contributed by atoms with Crippen molar-refractivity contribution < 1.29 is 9.32 Å². The zero-order valence-corrected chi connectivity index (χ0v) is 7.50. The molecule has 0 spiro atoms.